The maximum absolute atomic E-state index is 11.0. The Morgan fingerprint density at radius 3 is 2.94 bits per heavy atom. The molecule has 1 fully saturated rings. The summed E-state index contributed by atoms with van der Waals surface area (Å²) in [6.45, 7) is 6.17. The zero-order chi connectivity index (χ0) is 12.5. The lowest BCUT2D eigenvalue weighted by molar-refractivity contribution is -0.105. The van der Waals surface area contributed by atoms with E-state index in [9.17, 15) is 9.90 Å². The number of fused-ring (bicyclic) bond motifs is 1. The number of rotatable bonds is 1. The van der Waals surface area contributed by atoms with E-state index in [-0.39, 0.29) is 11.5 Å². The fourth-order valence-electron chi connectivity index (χ4n) is 2.83. The Kier molecular flexibility index (Phi) is 3.53. The highest BCUT2D eigenvalue weighted by Crippen LogP contribution is 2.57. The largest absolute Gasteiger partial charge is 0.393 e. The van der Waals surface area contributed by atoms with Crippen LogP contribution in [0.4, 0.5) is 0 Å². The summed E-state index contributed by atoms with van der Waals surface area (Å²) in [7, 11) is 0. The van der Waals surface area contributed by atoms with Gasteiger partial charge in [-0.3, -0.25) is 4.79 Å². The Morgan fingerprint density at radius 2 is 2.24 bits per heavy atom. The number of hydrogen-bond donors (Lipinski definition) is 1. The Morgan fingerprint density at radius 1 is 1.47 bits per heavy atom. The van der Waals surface area contributed by atoms with Crippen LogP contribution in [-0.2, 0) is 4.79 Å². The lowest BCUT2D eigenvalue weighted by Crippen LogP contribution is -2.20. The molecule has 2 aliphatic carbocycles. The van der Waals surface area contributed by atoms with E-state index in [1.165, 1.54) is 5.57 Å². The van der Waals surface area contributed by atoms with Crippen molar-refractivity contribution in [2.45, 2.75) is 51.6 Å². The number of hydrogen-bond acceptors (Lipinski definition) is 2. The van der Waals surface area contributed by atoms with Gasteiger partial charge >= 0.3 is 0 Å². The minimum absolute atomic E-state index is 0.00111. The van der Waals surface area contributed by atoms with E-state index in [2.05, 4.69) is 19.6 Å². The molecule has 1 saturated carbocycles. The monoisotopic (exact) mass is 234 g/mol. The van der Waals surface area contributed by atoms with E-state index in [4.69, 9.17) is 0 Å². The smallest absolute Gasteiger partial charge is 0.145 e. The predicted molar refractivity (Wildman–Crippen MR) is 68.6 cm³/mol. The average Bonchev–Trinajstić information content (AvgIpc) is 2.96. The van der Waals surface area contributed by atoms with Gasteiger partial charge in [-0.05, 0) is 50.0 Å². The van der Waals surface area contributed by atoms with Crippen molar-refractivity contribution in [3.05, 3.63) is 23.8 Å². The summed E-state index contributed by atoms with van der Waals surface area (Å²) >= 11 is 0. The first-order chi connectivity index (χ1) is 8.06. The van der Waals surface area contributed by atoms with Gasteiger partial charge in [0.05, 0.1) is 6.10 Å². The van der Waals surface area contributed by atoms with Crippen molar-refractivity contribution in [1.29, 1.82) is 0 Å². The summed E-state index contributed by atoms with van der Waals surface area (Å²) in [5.74, 6) is 0.393. The fourth-order valence-corrected chi connectivity index (χ4v) is 2.83. The molecule has 2 aliphatic rings. The molecule has 0 aromatic carbocycles. The third-order valence-corrected chi connectivity index (χ3v) is 4.44. The van der Waals surface area contributed by atoms with Gasteiger partial charge in [-0.15, -0.1) is 0 Å². The highest BCUT2D eigenvalue weighted by atomic mass is 16.3. The number of allylic oxidation sites excluding steroid dienone is 3. The molecule has 0 aromatic rings. The lowest BCUT2D eigenvalue weighted by Gasteiger charge is -2.19. The van der Waals surface area contributed by atoms with E-state index in [1.54, 1.807) is 0 Å². The summed E-state index contributed by atoms with van der Waals surface area (Å²) in [4.78, 5) is 11.0. The van der Waals surface area contributed by atoms with Crippen molar-refractivity contribution < 1.29 is 9.90 Å². The SMILES string of the molecule is C=C1CCC/C(C=O)=C\[C@@H]2C[C@@]2(C)[C@H](O)CC1. The molecule has 0 bridgehead atoms. The van der Waals surface area contributed by atoms with Crippen LogP contribution in [0.25, 0.3) is 0 Å². The van der Waals surface area contributed by atoms with Crippen molar-refractivity contribution in [2.24, 2.45) is 11.3 Å². The second-order valence-corrected chi connectivity index (χ2v) is 5.83. The van der Waals surface area contributed by atoms with Crippen LogP contribution >= 0.6 is 0 Å². The molecule has 2 rings (SSSR count). The minimum Gasteiger partial charge on any atom is -0.393 e. The minimum atomic E-state index is -0.258. The van der Waals surface area contributed by atoms with Gasteiger partial charge in [0.2, 0.25) is 0 Å². The topological polar surface area (TPSA) is 37.3 Å². The Labute approximate surface area is 103 Å². The predicted octanol–water partition coefficient (Wildman–Crippen LogP) is 3.02. The number of aliphatic hydroxyl groups excluding tert-OH is 1. The molecule has 0 saturated heterocycles. The van der Waals surface area contributed by atoms with Crippen LogP contribution < -0.4 is 0 Å². The van der Waals surface area contributed by atoms with E-state index in [0.717, 1.165) is 50.4 Å². The third kappa shape index (κ3) is 2.68. The van der Waals surface area contributed by atoms with Crippen molar-refractivity contribution in [1.82, 2.24) is 0 Å². The molecule has 2 heteroatoms. The Balaban J connectivity index is 2.13. The van der Waals surface area contributed by atoms with Crippen LogP contribution in [-0.4, -0.2) is 17.5 Å². The van der Waals surface area contributed by atoms with Crippen LogP contribution in [0.3, 0.4) is 0 Å². The first kappa shape index (κ1) is 12.6. The molecule has 0 heterocycles. The van der Waals surface area contributed by atoms with Crippen LogP contribution in [0.15, 0.2) is 23.8 Å². The van der Waals surface area contributed by atoms with E-state index in [0.29, 0.717) is 5.92 Å². The molecule has 2 nitrogen and oxygen atoms in total. The zero-order valence-corrected chi connectivity index (χ0v) is 10.6. The van der Waals surface area contributed by atoms with Crippen molar-refractivity contribution in [3.8, 4) is 0 Å². The molecule has 3 atom stereocenters. The van der Waals surface area contributed by atoms with Gasteiger partial charge in [0.25, 0.3) is 0 Å². The highest BCUT2D eigenvalue weighted by Gasteiger charge is 2.53. The maximum atomic E-state index is 11.0. The molecule has 0 aromatic heterocycles. The summed E-state index contributed by atoms with van der Waals surface area (Å²) in [5, 5.41) is 10.2. The van der Waals surface area contributed by atoms with E-state index >= 15 is 0 Å². The summed E-state index contributed by atoms with van der Waals surface area (Å²) in [6, 6.07) is 0. The highest BCUT2D eigenvalue weighted by molar-refractivity contribution is 5.73. The number of carbonyl (C=O) groups is 1. The maximum Gasteiger partial charge on any atom is 0.145 e. The quantitative estimate of drug-likeness (QED) is 0.559. The average molecular weight is 234 g/mol. The van der Waals surface area contributed by atoms with Crippen molar-refractivity contribution in [2.75, 3.05) is 0 Å². The van der Waals surface area contributed by atoms with Gasteiger partial charge in [-0.25, -0.2) is 0 Å². The number of aldehydes is 1. The zero-order valence-electron chi connectivity index (χ0n) is 10.6. The van der Waals surface area contributed by atoms with Gasteiger partial charge in [-0.1, -0.05) is 25.2 Å². The van der Waals surface area contributed by atoms with Gasteiger partial charge in [-0.2, -0.15) is 0 Å². The molecule has 17 heavy (non-hydrogen) atoms. The molecule has 94 valence electrons. The molecule has 1 N–H and O–H groups in total. The molecule has 0 unspecified atom stereocenters. The van der Waals surface area contributed by atoms with Crippen molar-refractivity contribution >= 4 is 6.29 Å². The summed E-state index contributed by atoms with van der Waals surface area (Å²) < 4.78 is 0. The molecule has 0 aliphatic heterocycles. The second-order valence-electron chi connectivity index (χ2n) is 5.83. The molecule has 0 spiro atoms. The van der Waals surface area contributed by atoms with E-state index < -0.39 is 0 Å². The third-order valence-electron chi connectivity index (χ3n) is 4.44. The van der Waals surface area contributed by atoms with Crippen LogP contribution in [0.2, 0.25) is 0 Å². The first-order valence-corrected chi connectivity index (χ1v) is 6.57. The van der Waals surface area contributed by atoms with Gasteiger partial charge < -0.3 is 5.11 Å². The van der Waals surface area contributed by atoms with Crippen molar-refractivity contribution in [3.63, 3.8) is 0 Å². The van der Waals surface area contributed by atoms with E-state index in [1.807, 2.05) is 0 Å². The van der Waals surface area contributed by atoms with Gasteiger partial charge in [0.15, 0.2) is 0 Å². The van der Waals surface area contributed by atoms with Crippen LogP contribution in [0.1, 0.15) is 45.4 Å². The molecular weight excluding hydrogens is 212 g/mol. The summed E-state index contributed by atoms with van der Waals surface area (Å²) in [6.07, 6.45) is 8.38. The second kappa shape index (κ2) is 4.77. The lowest BCUT2D eigenvalue weighted by atomic mass is 9.93. The van der Waals surface area contributed by atoms with Crippen LogP contribution in [0.5, 0.6) is 0 Å². The van der Waals surface area contributed by atoms with Crippen LogP contribution in [0, 0.1) is 11.3 Å². The van der Waals surface area contributed by atoms with Gasteiger partial charge in [0, 0.05) is 5.41 Å². The Bertz CT molecular complexity index is 356. The Hall–Kier alpha value is -0.890. The van der Waals surface area contributed by atoms with Gasteiger partial charge in [0.1, 0.15) is 6.29 Å². The number of carbonyl (C=O) groups excluding carboxylic acids is 1. The fraction of sp³-hybridized carbons (Fsp3) is 0.667. The normalized spacial score (nSPS) is 41.8. The standard InChI is InChI=1S/C15H22O2/c1-11-4-3-5-12(10-16)8-13-9-15(13,2)14(17)7-6-11/h8,10,13-14,17H,1,3-7,9H2,2H3/b12-8+/t13-,14-,15-/m1/s1. The molecular formula is C15H22O2. The number of aliphatic hydroxyl groups is 1. The summed E-state index contributed by atoms with van der Waals surface area (Å²) in [5.41, 5.74) is 2.11. The molecule has 0 radical (unpaired) electrons. The molecule has 0 amide bonds. The first-order valence-electron chi connectivity index (χ1n) is 6.57.